The van der Waals surface area contributed by atoms with Gasteiger partial charge in [-0.3, -0.25) is 4.79 Å². The molecule has 0 spiro atoms. The minimum Gasteiger partial charge on any atom is -0.469 e. The second-order valence-electron chi connectivity index (χ2n) is 11.8. The molecule has 0 amide bonds. The van der Waals surface area contributed by atoms with Crippen LogP contribution in [0.3, 0.4) is 0 Å². The van der Waals surface area contributed by atoms with E-state index in [0.29, 0.717) is 36.0 Å². The summed E-state index contributed by atoms with van der Waals surface area (Å²) >= 11 is 0. The van der Waals surface area contributed by atoms with Crippen molar-refractivity contribution >= 4 is 5.97 Å². The fourth-order valence-electron chi connectivity index (χ4n) is 8.96. The van der Waals surface area contributed by atoms with E-state index >= 15 is 0 Å². The second kappa shape index (κ2) is 8.81. The summed E-state index contributed by atoms with van der Waals surface area (Å²) < 4.78 is 4.84. The molecule has 2 N–H and O–H groups in total. The topological polar surface area (TPSA) is 116 Å². The van der Waals surface area contributed by atoms with Crippen LogP contribution in [0.2, 0.25) is 0 Å². The summed E-state index contributed by atoms with van der Waals surface area (Å²) in [5.41, 5.74) is 8.75. The Morgan fingerprint density at radius 1 is 1.19 bits per heavy atom. The maximum Gasteiger partial charge on any atom is 0.305 e. The zero-order valence-electron chi connectivity index (χ0n) is 20.1. The van der Waals surface area contributed by atoms with Gasteiger partial charge in [-0.05, 0) is 103 Å². The smallest absolute Gasteiger partial charge is 0.305 e. The first-order valence-electron chi connectivity index (χ1n) is 12.6. The number of hydrogen-bond donors (Lipinski definition) is 2. The van der Waals surface area contributed by atoms with Crippen LogP contribution in [-0.4, -0.2) is 41.5 Å². The van der Waals surface area contributed by atoms with Gasteiger partial charge in [-0.15, -0.1) is 0 Å². The highest BCUT2D eigenvalue weighted by atomic mass is 16.5. The van der Waals surface area contributed by atoms with Crippen LogP contribution in [0.25, 0.3) is 10.4 Å². The predicted octanol–water partition coefficient (Wildman–Crippen LogP) is 4.86. The van der Waals surface area contributed by atoms with Crippen LogP contribution in [-0.2, 0) is 9.53 Å². The number of ether oxygens (including phenoxy) is 1. The van der Waals surface area contributed by atoms with E-state index in [1.54, 1.807) is 0 Å². The van der Waals surface area contributed by atoms with Crippen molar-refractivity contribution in [2.75, 3.05) is 7.11 Å². The summed E-state index contributed by atoms with van der Waals surface area (Å²) in [6.45, 7) is 6.84. The molecule has 4 saturated carbocycles. The van der Waals surface area contributed by atoms with Gasteiger partial charge >= 0.3 is 5.97 Å². The molecule has 0 saturated heterocycles. The minimum atomic E-state index is -0.389. The standard InChI is InChI=1S/C25H41N3O4/c1-14(5-8-22(31)32-4)17-6-7-18-23-19(13-21(30)25(17,18)3)24(2)10-9-16(27-28-26)11-15(24)12-20(23)29/h14-21,23,29-30H,5-13H2,1-4H3/t14-,15?,16+,17-,18?,19?,20?,21+,23?,24+,25-/m1/s1. The van der Waals surface area contributed by atoms with Crippen LogP contribution in [0.1, 0.15) is 78.6 Å². The Bertz CT molecular complexity index is 770. The number of aliphatic hydroxyl groups excluding tert-OH is 2. The van der Waals surface area contributed by atoms with Crippen LogP contribution in [0.5, 0.6) is 0 Å². The number of carbonyl (C=O) groups excluding carboxylic acids is 1. The number of esters is 1. The molecule has 7 nitrogen and oxygen atoms in total. The summed E-state index contributed by atoms with van der Waals surface area (Å²) in [5, 5.41) is 27.0. The number of nitrogens with zero attached hydrogens (tertiary/aromatic N) is 3. The Hall–Kier alpha value is -1.30. The maximum atomic E-state index is 11.7. The highest BCUT2D eigenvalue weighted by molar-refractivity contribution is 5.69. The van der Waals surface area contributed by atoms with Crippen molar-refractivity contribution < 1.29 is 19.7 Å². The number of azide groups is 1. The van der Waals surface area contributed by atoms with Gasteiger partial charge in [-0.2, -0.15) is 0 Å². The van der Waals surface area contributed by atoms with Crippen molar-refractivity contribution in [2.45, 2.75) is 96.8 Å². The van der Waals surface area contributed by atoms with Crippen LogP contribution in [0.4, 0.5) is 0 Å². The summed E-state index contributed by atoms with van der Waals surface area (Å²) in [7, 11) is 1.43. The van der Waals surface area contributed by atoms with Gasteiger partial charge in [0.15, 0.2) is 0 Å². The molecule has 0 aliphatic heterocycles. The summed E-state index contributed by atoms with van der Waals surface area (Å²) in [4.78, 5) is 14.7. The fraction of sp³-hybridized carbons (Fsp3) is 0.960. The Morgan fingerprint density at radius 2 is 1.94 bits per heavy atom. The molecule has 7 heteroatoms. The van der Waals surface area contributed by atoms with E-state index in [1.807, 2.05) is 0 Å². The third-order valence-corrected chi connectivity index (χ3v) is 10.8. The van der Waals surface area contributed by atoms with E-state index in [-0.39, 0.29) is 41.0 Å². The Morgan fingerprint density at radius 3 is 2.62 bits per heavy atom. The number of rotatable bonds is 5. The molecule has 180 valence electrons. The zero-order valence-corrected chi connectivity index (χ0v) is 20.1. The van der Waals surface area contributed by atoms with E-state index in [2.05, 4.69) is 30.8 Å². The monoisotopic (exact) mass is 447 g/mol. The highest BCUT2D eigenvalue weighted by Crippen LogP contribution is 2.68. The Kier molecular flexibility index (Phi) is 6.56. The van der Waals surface area contributed by atoms with Gasteiger partial charge in [-0.25, -0.2) is 0 Å². The van der Waals surface area contributed by atoms with Gasteiger partial charge in [-0.1, -0.05) is 25.9 Å². The first kappa shape index (κ1) is 23.8. The van der Waals surface area contributed by atoms with Crippen molar-refractivity contribution in [2.24, 2.45) is 51.5 Å². The lowest BCUT2D eigenvalue weighted by Crippen LogP contribution is -2.62. The largest absolute Gasteiger partial charge is 0.469 e. The first-order valence-corrected chi connectivity index (χ1v) is 12.6. The molecule has 0 radical (unpaired) electrons. The third kappa shape index (κ3) is 3.65. The number of carbonyl (C=O) groups is 1. The molecule has 0 heterocycles. The van der Waals surface area contributed by atoms with Crippen molar-refractivity contribution in [1.29, 1.82) is 0 Å². The molecule has 0 aromatic carbocycles. The lowest BCUT2D eigenvalue weighted by atomic mass is 9.43. The number of methoxy groups -OCH3 is 1. The Balaban J connectivity index is 1.57. The van der Waals surface area contributed by atoms with Crippen LogP contribution < -0.4 is 0 Å². The molecule has 0 aromatic rings. The van der Waals surface area contributed by atoms with Gasteiger partial charge in [0.05, 0.1) is 19.3 Å². The summed E-state index contributed by atoms with van der Waals surface area (Å²) in [6.07, 6.45) is 6.83. The van der Waals surface area contributed by atoms with Crippen molar-refractivity contribution in [3.05, 3.63) is 10.4 Å². The van der Waals surface area contributed by atoms with Crippen molar-refractivity contribution in [1.82, 2.24) is 0 Å². The van der Waals surface area contributed by atoms with E-state index in [9.17, 15) is 15.0 Å². The predicted molar refractivity (Wildman–Crippen MR) is 121 cm³/mol. The van der Waals surface area contributed by atoms with Gasteiger partial charge in [0.2, 0.25) is 0 Å². The Labute approximate surface area is 191 Å². The number of aliphatic hydroxyl groups is 2. The number of hydrogen-bond acceptors (Lipinski definition) is 5. The molecule has 11 atom stereocenters. The molecule has 4 aliphatic carbocycles. The van der Waals surface area contributed by atoms with Crippen LogP contribution in [0, 0.1) is 46.3 Å². The van der Waals surface area contributed by atoms with Crippen molar-refractivity contribution in [3.8, 4) is 0 Å². The van der Waals surface area contributed by atoms with Crippen LogP contribution in [0.15, 0.2) is 5.11 Å². The quantitative estimate of drug-likeness (QED) is 0.271. The second-order valence-corrected chi connectivity index (χ2v) is 11.8. The summed E-state index contributed by atoms with van der Waals surface area (Å²) in [6, 6.07) is 0.0344. The normalized spacial score (nSPS) is 48.6. The van der Waals surface area contributed by atoms with Crippen LogP contribution >= 0.6 is 0 Å². The van der Waals surface area contributed by atoms with Gasteiger partial charge in [0, 0.05) is 17.4 Å². The lowest BCUT2D eigenvalue weighted by Gasteiger charge is -2.63. The summed E-state index contributed by atoms with van der Waals surface area (Å²) in [5.74, 6) is 1.70. The molecule has 32 heavy (non-hydrogen) atoms. The maximum absolute atomic E-state index is 11.7. The van der Waals surface area contributed by atoms with E-state index in [1.165, 1.54) is 7.11 Å². The SMILES string of the molecule is COC(=O)CC[C@@H](C)[C@H]1CCC2C3C(O)CC4C[C@@H](N=[N+]=[N-])CC[C@]4(C)C3C[C@H](O)[C@@]21C. The third-order valence-electron chi connectivity index (χ3n) is 10.8. The van der Waals surface area contributed by atoms with Gasteiger partial charge in [0.25, 0.3) is 0 Å². The van der Waals surface area contributed by atoms with Gasteiger partial charge < -0.3 is 14.9 Å². The lowest BCUT2D eigenvalue weighted by molar-refractivity contribution is -0.202. The average molecular weight is 448 g/mol. The molecule has 5 unspecified atom stereocenters. The average Bonchev–Trinajstić information content (AvgIpc) is 3.12. The molecule has 0 aromatic heterocycles. The van der Waals surface area contributed by atoms with E-state index in [4.69, 9.17) is 10.3 Å². The molecule has 0 bridgehead atoms. The van der Waals surface area contributed by atoms with E-state index < -0.39 is 0 Å². The first-order chi connectivity index (χ1) is 15.2. The zero-order chi connectivity index (χ0) is 23.3. The molecular formula is C25H41N3O4. The molecule has 4 rings (SSSR count). The van der Waals surface area contributed by atoms with E-state index in [0.717, 1.165) is 51.4 Å². The minimum absolute atomic E-state index is 0.0344. The fourth-order valence-corrected chi connectivity index (χ4v) is 8.96. The number of fused-ring (bicyclic) bond motifs is 5. The molecular weight excluding hydrogens is 406 g/mol. The highest BCUT2D eigenvalue weighted by Gasteiger charge is 2.65. The molecule has 4 fully saturated rings. The van der Waals surface area contributed by atoms with Gasteiger partial charge in [0.1, 0.15) is 0 Å². The molecule has 4 aliphatic rings. The van der Waals surface area contributed by atoms with Crippen molar-refractivity contribution in [3.63, 3.8) is 0 Å².